The summed E-state index contributed by atoms with van der Waals surface area (Å²) < 4.78 is 15.7. The van der Waals surface area contributed by atoms with Crippen LogP contribution in [0.15, 0.2) is 42.5 Å². The number of imidazole rings is 1. The number of rotatable bonds is 10. The lowest BCUT2D eigenvalue weighted by Crippen LogP contribution is -2.36. The third kappa shape index (κ3) is 5.45. The Morgan fingerprint density at radius 3 is 2.61 bits per heavy atom. The lowest BCUT2D eigenvalue weighted by molar-refractivity contribution is 0.230. The highest BCUT2D eigenvalue weighted by atomic mass is 19.1. The molecule has 0 amide bonds. The monoisotopic (exact) mass is 449 g/mol. The van der Waals surface area contributed by atoms with Gasteiger partial charge < -0.3 is 10.6 Å². The van der Waals surface area contributed by atoms with Crippen molar-refractivity contribution in [1.82, 2.24) is 24.9 Å². The number of nitrogens with one attached hydrogen (secondary N) is 2. The molecule has 3 heterocycles. The fraction of sp³-hybridized carbons (Fsp3) is 0.519. The zero-order valence-electron chi connectivity index (χ0n) is 19.5. The van der Waals surface area contributed by atoms with Gasteiger partial charge in [0, 0.05) is 43.5 Å². The Balaban J connectivity index is 1.10. The molecule has 0 unspecified atom stereocenters. The summed E-state index contributed by atoms with van der Waals surface area (Å²) in [5, 5.41) is 7.30. The van der Waals surface area contributed by atoms with E-state index in [2.05, 4.69) is 38.1 Å². The lowest BCUT2D eigenvalue weighted by Gasteiger charge is -2.28. The second kappa shape index (κ2) is 10.8. The van der Waals surface area contributed by atoms with Crippen LogP contribution in [0.4, 0.5) is 4.39 Å². The molecule has 0 radical (unpaired) electrons. The molecule has 3 aromatic rings. The van der Waals surface area contributed by atoms with Crippen LogP contribution in [-0.2, 0) is 13.1 Å². The van der Waals surface area contributed by atoms with Crippen molar-refractivity contribution in [1.29, 1.82) is 0 Å². The molecule has 5 nitrogen and oxygen atoms in total. The molecular weight excluding hydrogens is 413 g/mol. The first-order chi connectivity index (χ1) is 16.3. The standard InChI is InChI=1S/C27H36FN5/c28-22-13-11-21(12-14-22)27-25-20-32(19-24-9-6-10-26(31-27)33(24)25)18-5-4-15-29-16-17-30-23-7-2-1-3-8-23/h6,9-14,23,29-30H,1-5,7-8,15-20H2. The van der Waals surface area contributed by atoms with Gasteiger partial charge in [-0.25, -0.2) is 9.37 Å². The molecule has 0 saturated heterocycles. The molecule has 0 bridgehead atoms. The van der Waals surface area contributed by atoms with Crippen molar-refractivity contribution < 1.29 is 4.39 Å². The maximum atomic E-state index is 13.4. The minimum Gasteiger partial charge on any atom is -0.315 e. The van der Waals surface area contributed by atoms with Crippen molar-refractivity contribution in [3.05, 3.63) is 59.7 Å². The Labute approximate surface area is 196 Å². The van der Waals surface area contributed by atoms with Crippen LogP contribution in [0.3, 0.4) is 0 Å². The largest absolute Gasteiger partial charge is 0.315 e. The Hall–Kier alpha value is -2.28. The van der Waals surface area contributed by atoms with E-state index in [1.54, 1.807) is 0 Å². The number of benzene rings is 1. The summed E-state index contributed by atoms with van der Waals surface area (Å²) in [5.74, 6) is -0.211. The normalized spacial score (nSPS) is 17.1. The lowest BCUT2D eigenvalue weighted by atomic mass is 9.95. The van der Waals surface area contributed by atoms with E-state index in [4.69, 9.17) is 4.98 Å². The minimum absolute atomic E-state index is 0.211. The van der Waals surface area contributed by atoms with Crippen LogP contribution in [0, 0.1) is 5.82 Å². The van der Waals surface area contributed by atoms with E-state index in [0.29, 0.717) is 0 Å². The summed E-state index contributed by atoms with van der Waals surface area (Å²) in [6, 6.07) is 13.8. The van der Waals surface area contributed by atoms with Crippen molar-refractivity contribution in [3.63, 3.8) is 0 Å². The summed E-state index contributed by atoms with van der Waals surface area (Å²) in [6.07, 6.45) is 9.27. The van der Waals surface area contributed by atoms with E-state index < -0.39 is 0 Å². The molecule has 176 valence electrons. The van der Waals surface area contributed by atoms with Crippen LogP contribution >= 0.6 is 0 Å². The smallest absolute Gasteiger partial charge is 0.137 e. The highest BCUT2D eigenvalue weighted by molar-refractivity contribution is 5.67. The van der Waals surface area contributed by atoms with Crippen molar-refractivity contribution in [2.45, 2.75) is 64.1 Å². The average molecular weight is 450 g/mol. The molecule has 2 aromatic heterocycles. The first kappa shape index (κ1) is 22.5. The molecule has 2 N–H and O–H groups in total. The third-order valence-electron chi connectivity index (χ3n) is 7.11. The van der Waals surface area contributed by atoms with Crippen LogP contribution in [-0.4, -0.2) is 46.5 Å². The number of nitrogens with zero attached hydrogens (tertiary/aromatic N) is 3. The predicted octanol–water partition coefficient (Wildman–Crippen LogP) is 4.75. The molecule has 33 heavy (non-hydrogen) atoms. The second-order valence-corrected chi connectivity index (χ2v) is 9.58. The van der Waals surface area contributed by atoms with E-state index in [9.17, 15) is 4.39 Å². The van der Waals surface area contributed by atoms with Crippen molar-refractivity contribution >= 4 is 5.65 Å². The summed E-state index contributed by atoms with van der Waals surface area (Å²) in [4.78, 5) is 7.41. The number of unbranched alkanes of at least 4 members (excludes halogenated alkanes) is 1. The van der Waals surface area contributed by atoms with Crippen LogP contribution < -0.4 is 10.6 Å². The van der Waals surface area contributed by atoms with E-state index in [-0.39, 0.29) is 5.82 Å². The molecular formula is C27H36FN5. The third-order valence-corrected chi connectivity index (χ3v) is 7.11. The van der Waals surface area contributed by atoms with Gasteiger partial charge in [0.15, 0.2) is 0 Å². The molecule has 5 rings (SSSR count). The SMILES string of the molecule is Fc1ccc(-c2nc3cccc4n3c2CN(CCCCNCCNC2CCCCC2)C4)cc1. The molecule has 1 saturated carbocycles. The topological polar surface area (TPSA) is 44.6 Å². The van der Waals surface area contributed by atoms with Gasteiger partial charge in [-0.15, -0.1) is 0 Å². The highest BCUT2D eigenvalue weighted by Gasteiger charge is 2.23. The maximum Gasteiger partial charge on any atom is 0.137 e. The molecule has 0 atom stereocenters. The van der Waals surface area contributed by atoms with Crippen molar-refractivity contribution in [2.24, 2.45) is 0 Å². The van der Waals surface area contributed by atoms with Gasteiger partial charge in [-0.1, -0.05) is 25.3 Å². The van der Waals surface area contributed by atoms with Gasteiger partial charge in [0.1, 0.15) is 11.5 Å². The zero-order chi connectivity index (χ0) is 22.5. The molecule has 0 spiro atoms. The van der Waals surface area contributed by atoms with Gasteiger partial charge >= 0.3 is 0 Å². The first-order valence-electron chi connectivity index (χ1n) is 12.7. The molecule has 1 aliphatic carbocycles. The Bertz CT molecular complexity index is 1040. The number of halogens is 1. The summed E-state index contributed by atoms with van der Waals surface area (Å²) in [6.45, 7) is 6.12. The van der Waals surface area contributed by atoms with E-state index >= 15 is 0 Å². The Kier molecular flexibility index (Phi) is 7.34. The first-order valence-corrected chi connectivity index (χ1v) is 12.7. The van der Waals surface area contributed by atoms with Gasteiger partial charge in [-0.05, 0) is 75.2 Å². The quantitative estimate of drug-likeness (QED) is 0.439. The van der Waals surface area contributed by atoms with Crippen LogP contribution in [0.2, 0.25) is 0 Å². The van der Waals surface area contributed by atoms with E-state index in [1.807, 2.05) is 12.1 Å². The molecule has 6 heteroatoms. The van der Waals surface area contributed by atoms with Crippen LogP contribution in [0.1, 0.15) is 56.3 Å². The number of hydrogen-bond donors (Lipinski definition) is 2. The summed E-state index contributed by atoms with van der Waals surface area (Å²) in [7, 11) is 0. The van der Waals surface area contributed by atoms with Gasteiger partial charge in [0.25, 0.3) is 0 Å². The highest BCUT2D eigenvalue weighted by Crippen LogP contribution is 2.30. The van der Waals surface area contributed by atoms with E-state index in [1.165, 1.54) is 68.5 Å². The zero-order valence-corrected chi connectivity index (χ0v) is 19.5. The Morgan fingerprint density at radius 2 is 1.76 bits per heavy atom. The maximum absolute atomic E-state index is 13.4. The average Bonchev–Trinajstić information content (AvgIpc) is 3.22. The molecule has 1 aliphatic heterocycles. The number of hydrogen-bond acceptors (Lipinski definition) is 4. The number of pyridine rings is 1. The second-order valence-electron chi connectivity index (χ2n) is 9.58. The molecule has 1 aromatic carbocycles. The van der Waals surface area contributed by atoms with Crippen LogP contribution in [0.25, 0.3) is 16.9 Å². The fourth-order valence-electron chi connectivity index (χ4n) is 5.37. The minimum atomic E-state index is -0.211. The van der Waals surface area contributed by atoms with Crippen molar-refractivity contribution in [3.8, 4) is 11.3 Å². The Morgan fingerprint density at radius 1 is 0.909 bits per heavy atom. The fourth-order valence-corrected chi connectivity index (χ4v) is 5.37. The summed E-state index contributed by atoms with van der Waals surface area (Å²) in [5.41, 5.74) is 5.42. The van der Waals surface area contributed by atoms with Crippen molar-refractivity contribution in [2.75, 3.05) is 26.2 Å². The van der Waals surface area contributed by atoms with Gasteiger partial charge in [0.05, 0.1) is 11.4 Å². The van der Waals surface area contributed by atoms with Gasteiger partial charge in [-0.3, -0.25) is 9.30 Å². The van der Waals surface area contributed by atoms with E-state index in [0.717, 1.165) is 62.2 Å². The molecule has 1 fully saturated rings. The predicted molar refractivity (Wildman–Crippen MR) is 132 cm³/mol. The van der Waals surface area contributed by atoms with Gasteiger partial charge in [-0.2, -0.15) is 0 Å². The summed E-state index contributed by atoms with van der Waals surface area (Å²) >= 11 is 0. The number of aromatic nitrogens is 2. The van der Waals surface area contributed by atoms with Gasteiger partial charge in [0.2, 0.25) is 0 Å². The molecule has 2 aliphatic rings. The van der Waals surface area contributed by atoms with Crippen LogP contribution in [0.5, 0.6) is 0 Å².